The van der Waals surface area contributed by atoms with Crippen molar-refractivity contribution in [3.8, 4) is 17.4 Å². The molecule has 3 aromatic rings. The molecule has 172 valence electrons. The third kappa shape index (κ3) is 5.63. The maximum atomic E-state index is 12.4. The predicted molar refractivity (Wildman–Crippen MR) is 133 cm³/mol. The lowest BCUT2D eigenvalue weighted by Crippen LogP contribution is -2.28. The molecule has 1 amide bonds. The lowest BCUT2D eigenvalue weighted by molar-refractivity contribution is -0.117. The number of benzene rings is 2. The fourth-order valence-corrected chi connectivity index (χ4v) is 3.76. The van der Waals surface area contributed by atoms with Crippen molar-refractivity contribution < 1.29 is 13.9 Å². The molecule has 3 rings (SSSR count). The third-order valence-electron chi connectivity index (χ3n) is 5.66. The van der Waals surface area contributed by atoms with Crippen LogP contribution in [0.15, 0.2) is 58.5 Å². The summed E-state index contributed by atoms with van der Waals surface area (Å²) >= 11 is 0. The van der Waals surface area contributed by atoms with Gasteiger partial charge in [-0.25, -0.2) is 0 Å². The van der Waals surface area contributed by atoms with Gasteiger partial charge in [-0.1, -0.05) is 18.2 Å². The number of nitrogens with one attached hydrogen (secondary N) is 1. The van der Waals surface area contributed by atoms with E-state index in [0.717, 1.165) is 24.0 Å². The first-order valence-electron chi connectivity index (χ1n) is 11.4. The summed E-state index contributed by atoms with van der Waals surface area (Å²) in [5, 5.41) is 14.5. The maximum Gasteiger partial charge on any atom is 0.262 e. The highest BCUT2D eigenvalue weighted by Crippen LogP contribution is 2.31. The summed E-state index contributed by atoms with van der Waals surface area (Å²) in [4.78, 5) is 14.7. The molecule has 1 aromatic heterocycles. The molecule has 0 atom stereocenters. The van der Waals surface area contributed by atoms with Crippen LogP contribution in [0, 0.1) is 11.3 Å². The second kappa shape index (κ2) is 11.3. The SMILES string of the molecule is CCOCCNC(=O)/C(C#N)=C(\C)c1ccc(-c2ccc3cc(N(CC)CC)ccc3c2)o1. The van der Waals surface area contributed by atoms with Crippen molar-refractivity contribution in [1.29, 1.82) is 5.26 Å². The fourth-order valence-electron chi connectivity index (χ4n) is 3.76. The zero-order valence-electron chi connectivity index (χ0n) is 19.8. The third-order valence-corrected chi connectivity index (χ3v) is 5.66. The van der Waals surface area contributed by atoms with E-state index in [2.05, 4.69) is 54.4 Å². The lowest BCUT2D eigenvalue weighted by atomic mass is 10.0. The zero-order chi connectivity index (χ0) is 23.8. The summed E-state index contributed by atoms with van der Waals surface area (Å²) in [6, 6.07) is 18.3. The molecule has 0 unspecified atom stereocenters. The number of nitriles is 1. The largest absolute Gasteiger partial charge is 0.456 e. The summed E-state index contributed by atoms with van der Waals surface area (Å²) in [6.07, 6.45) is 0. The number of allylic oxidation sites excluding steroid dienone is 1. The molecule has 0 aliphatic heterocycles. The van der Waals surface area contributed by atoms with Crippen LogP contribution in [0.25, 0.3) is 27.7 Å². The van der Waals surface area contributed by atoms with E-state index in [9.17, 15) is 10.1 Å². The number of amides is 1. The van der Waals surface area contributed by atoms with Gasteiger partial charge in [-0.2, -0.15) is 5.26 Å². The van der Waals surface area contributed by atoms with Gasteiger partial charge in [0, 0.05) is 43.1 Å². The van der Waals surface area contributed by atoms with Crippen LogP contribution >= 0.6 is 0 Å². The fraction of sp³-hybridized carbons (Fsp3) is 0.333. The Hall–Kier alpha value is -3.56. The molecule has 33 heavy (non-hydrogen) atoms. The summed E-state index contributed by atoms with van der Waals surface area (Å²) in [5.41, 5.74) is 2.69. The first-order chi connectivity index (χ1) is 16.0. The van der Waals surface area contributed by atoms with Crippen LogP contribution in [0.2, 0.25) is 0 Å². The summed E-state index contributed by atoms with van der Waals surface area (Å²) in [5.74, 6) is 0.758. The summed E-state index contributed by atoms with van der Waals surface area (Å²) < 4.78 is 11.3. The van der Waals surface area contributed by atoms with E-state index >= 15 is 0 Å². The van der Waals surface area contributed by atoms with Crippen molar-refractivity contribution in [2.24, 2.45) is 0 Å². The van der Waals surface area contributed by atoms with Gasteiger partial charge in [-0.05, 0) is 68.8 Å². The Kier molecular flexibility index (Phi) is 8.28. The number of hydrogen-bond acceptors (Lipinski definition) is 5. The highest BCUT2D eigenvalue weighted by atomic mass is 16.5. The Labute approximate surface area is 195 Å². The smallest absolute Gasteiger partial charge is 0.262 e. The lowest BCUT2D eigenvalue weighted by Gasteiger charge is -2.21. The van der Waals surface area contributed by atoms with Crippen LogP contribution in [-0.4, -0.2) is 38.8 Å². The van der Waals surface area contributed by atoms with Gasteiger partial charge >= 0.3 is 0 Å². The van der Waals surface area contributed by atoms with Crippen molar-refractivity contribution in [3.63, 3.8) is 0 Å². The second-order valence-electron chi connectivity index (χ2n) is 7.65. The van der Waals surface area contributed by atoms with Gasteiger partial charge in [0.05, 0.1) is 6.61 Å². The topological polar surface area (TPSA) is 78.5 Å². The normalized spacial score (nSPS) is 11.7. The highest BCUT2D eigenvalue weighted by Gasteiger charge is 2.16. The van der Waals surface area contributed by atoms with Crippen molar-refractivity contribution in [2.75, 3.05) is 37.7 Å². The monoisotopic (exact) mass is 445 g/mol. The van der Waals surface area contributed by atoms with Crippen LogP contribution in [0.5, 0.6) is 0 Å². The molecule has 1 heterocycles. The van der Waals surface area contributed by atoms with Gasteiger partial charge in [0.25, 0.3) is 5.91 Å². The number of nitrogens with zero attached hydrogens (tertiary/aromatic N) is 2. The zero-order valence-corrected chi connectivity index (χ0v) is 19.8. The molecule has 6 heteroatoms. The number of anilines is 1. The van der Waals surface area contributed by atoms with Gasteiger partial charge in [0.15, 0.2) is 0 Å². The minimum Gasteiger partial charge on any atom is -0.456 e. The van der Waals surface area contributed by atoms with E-state index in [-0.39, 0.29) is 5.57 Å². The molecule has 0 aliphatic rings. The Balaban J connectivity index is 1.83. The molecule has 0 aliphatic carbocycles. The Morgan fingerprint density at radius 3 is 2.48 bits per heavy atom. The van der Waals surface area contributed by atoms with Gasteiger partial charge in [-0.15, -0.1) is 0 Å². The van der Waals surface area contributed by atoms with Crippen molar-refractivity contribution in [2.45, 2.75) is 27.7 Å². The minimum absolute atomic E-state index is 0.0369. The molecule has 6 nitrogen and oxygen atoms in total. The molecule has 0 spiro atoms. The van der Waals surface area contributed by atoms with Gasteiger partial charge in [0.1, 0.15) is 23.2 Å². The standard InChI is InChI=1S/C27H31N3O3/c1-5-30(6-2)23-11-10-20-16-22(9-8-21(20)17-23)26-13-12-25(33-26)19(4)24(18-28)27(31)29-14-15-32-7-3/h8-13,16-17H,5-7,14-15H2,1-4H3,(H,29,31)/b24-19+. The second-order valence-corrected chi connectivity index (χ2v) is 7.65. The molecule has 0 radical (unpaired) electrons. The Morgan fingerprint density at radius 2 is 1.79 bits per heavy atom. The number of carbonyl (C=O) groups is 1. The molecule has 1 N–H and O–H groups in total. The van der Waals surface area contributed by atoms with Crippen LogP contribution in [-0.2, 0) is 9.53 Å². The van der Waals surface area contributed by atoms with E-state index in [1.807, 2.05) is 25.1 Å². The van der Waals surface area contributed by atoms with Crippen molar-refractivity contribution >= 4 is 27.9 Å². The Morgan fingerprint density at radius 1 is 1.06 bits per heavy atom. The summed E-state index contributed by atoms with van der Waals surface area (Å²) in [7, 11) is 0. The Bertz CT molecular complexity index is 1180. The molecular weight excluding hydrogens is 414 g/mol. The number of hydrogen-bond donors (Lipinski definition) is 1. The summed E-state index contributed by atoms with van der Waals surface area (Å²) in [6.45, 7) is 11.2. The van der Waals surface area contributed by atoms with Gasteiger partial charge in [0.2, 0.25) is 0 Å². The average Bonchev–Trinajstić information content (AvgIpc) is 3.33. The average molecular weight is 446 g/mol. The van der Waals surface area contributed by atoms with Gasteiger partial charge in [-0.3, -0.25) is 4.79 Å². The van der Waals surface area contributed by atoms with Crippen LogP contribution in [0.4, 0.5) is 5.69 Å². The number of carbonyl (C=O) groups excluding carboxylic acids is 1. The van der Waals surface area contributed by atoms with Crippen LogP contribution in [0.1, 0.15) is 33.5 Å². The predicted octanol–water partition coefficient (Wildman–Crippen LogP) is 5.40. The first kappa shape index (κ1) is 24.1. The van der Waals surface area contributed by atoms with E-state index in [1.54, 1.807) is 13.0 Å². The minimum atomic E-state index is -0.428. The van der Waals surface area contributed by atoms with Gasteiger partial charge < -0.3 is 19.4 Å². The maximum absolute atomic E-state index is 12.4. The molecule has 0 saturated carbocycles. The quantitative estimate of drug-likeness (QED) is 0.257. The molecule has 0 saturated heterocycles. The first-order valence-corrected chi connectivity index (χ1v) is 11.4. The van der Waals surface area contributed by atoms with E-state index in [0.29, 0.717) is 36.9 Å². The van der Waals surface area contributed by atoms with Crippen molar-refractivity contribution in [1.82, 2.24) is 5.32 Å². The number of furan rings is 1. The van der Waals surface area contributed by atoms with E-state index in [1.165, 1.54) is 11.1 Å². The number of rotatable bonds is 10. The van der Waals surface area contributed by atoms with Crippen LogP contribution < -0.4 is 10.2 Å². The number of ether oxygens (including phenoxy) is 1. The highest BCUT2D eigenvalue weighted by molar-refractivity contribution is 6.04. The van der Waals surface area contributed by atoms with Crippen LogP contribution in [0.3, 0.4) is 0 Å². The molecular formula is C27H31N3O3. The number of fused-ring (bicyclic) bond motifs is 1. The van der Waals surface area contributed by atoms with E-state index in [4.69, 9.17) is 9.15 Å². The molecule has 0 bridgehead atoms. The molecule has 0 fully saturated rings. The van der Waals surface area contributed by atoms with E-state index < -0.39 is 5.91 Å². The molecule has 2 aromatic carbocycles. The van der Waals surface area contributed by atoms with Crippen molar-refractivity contribution in [3.05, 3.63) is 59.9 Å².